The van der Waals surface area contributed by atoms with E-state index in [-0.39, 0.29) is 0 Å². The topological polar surface area (TPSA) is 61.7 Å². The average molecular weight is 471 g/mol. The number of aromatic amines is 1. The fourth-order valence-electron chi connectivity index (χ4n) is 3.36. The molecule has 2 aromatic carbocycles. The molecule has 32 heavy (non-hydrogen) atoms. The van der Waals surface area contributed by atoms with Crippen molar-refractivity contribution in [2.24, 2.45) is 0 Å². The zero-order valence-corrected chi connectivity index (χ0v) is 16.7. The van der Waals surface area contributed by atoms with Gasteiger partial charge < -0.3 is 0 Å². The number of halogens is 6. The monoisotopic (exact) mass is 471 g/mol. The predicted octanol–water partition coefficient (Wildman–Crippen LogP) is 4.93. The second-order valence-corrected chi connectivity index (χ2v) is 7.47. The van der Waals surface area contributed by atoms with Crippen LogP contribution in [0.5, 0.6) is 0 Å². The first-order chi connectivity index (χ1) is 15.1. The molecule has 4 rings (SSSR count). The molecule has 2 heterocycles. The average Bonchev–Trinajstić information content (AvgIpc) is 3.34. The molecule has 0 saturated heterocycles. The number of nitrogens with one attached hydrogen (secondary N) is 2. The SMILES string of the molecule is O=C(Cc1cccc(C(F)(F)F)c1C(F)(F)F)N[n+]1c(-c2cscn2)[nH]c2ccccc21. The van der Waals surface area contributed by atoms with Crippen molar-refractivity contribution in [2.75, 3.05) is 5.43 Å². The lowest BCUT2D eigenvalue weighted by Gasteiger charge is -2.18. The Balaban J connectivity index is 1.72. The molecule has 0 aliphatic rings. The van der Waals surface area contributed by atoms with E-state index in [1.165, 1.54) is 16.0 Å². The van der Waals surface area contributed by atoms with Crippen molar-refractivity contribution in [1.82, 2.24) is 9.97 Å². The third kappa shape index (κ3) is 4.17. The number of para-hydroxylation sites is 2. The summed E-state index contributed by atoms with van der Waals surface area (Å²) in [6.45, 7) is 0. The number of rotatable bonds is 4. The highest BCUT2D eigenvalue weighted by atomic mass is 32.1. The quantitative estimate of drug-likeness (QED) is 0.328. The van der Waals surface area contributed by atoms with E-state index in [1.807, 2.05) is 0 Å². The number of H-pyrrole nitrogens is 1. The highest BCUT2D eigenvalue weighted by Gasteiger charge is 2.44. The number of carbonyl (C=O) groups is 1. The number of aromatic nitrogens is 3. The standard InChI is InChI=1S/C20H12F6N4OS/c21-19(22,23)12-5-3-4-11(17(12)20(24,25)26)8-16(31)29-30-15-7-2-1-6-13(15)28-18(30)14-9-32-10-27-14/h1-7,9-10H,8H2,(H,29,31)/p+1. The summed E-state index contributed by atoms with van der Waals surface area (Å²) in [6, 6.07) is 8.88. The molecule has 0 atom stereocenters. The van der Waals surface area contributed by atoms with Gasteiger partial charge in [-0.3, -0.25) is 4.79 Å². The Morgan fingerprint density at radius 3 is 2.44 bits per heavy atom. The maximum absolute atomic E-state index is 13.5. The lowest BCUT2D eigenvalue weighted by atomic mass is 9.97. The normalized spacial score (nSPS) is 12.3. The van der Waals surface area contributed by atoms with Gasteiger partial charge in [0.1, 0.15) is 0 Å². The molecule has 0 aliphatic carbocycles. The van der Waals surface area contributed by atoms with E-state index < -0.39 is 41.4 Å². The molecule has 166 valence electrons. The molecular formula is C20H13F6N4OS+. The second kappa shape index (κ2) is 7.93. The Hall–Kier alpha value is -3.41. The molecular weight excluding hydrogens is 458 g/mol. The van der Waals surface area contributed by atoms with E-state index in [2.05, 4.69) is 15.4 Å². The summed E-state index contributed by atoms with van der Waals surface area (Å²) in [4.78, 5) is 19.9. The predicted molar refractivity (Wildman–Crippen MR) is 104 cm³/mol. The summed E-state index contributed by atoms with van der Waals surface area (Å²) in [5.74, 6) is -0.568. The number of amides is 1. The summed E-state index contributed by atoms with van der Waals surface area (Å²) in [5.41, 5.74) is 1.14. The van der Waals surface area contributed by atoms with Crippen LogP contribution in [0.15, 0.2) is 53.4 Å². The van der Waals surface area contributed by atoms with E-state index in [0.29, 0.717) is 28.6 Å². The number of hydrogen-bond donors (Lipinski definition) is 2. The molecule has 0 saturated carbocycles. The van der Waals surface area contributed by atoms with Gasteiger partial charge in [0.15, 0.2) is 11.2 Å². The minimum atomic E-state index is -5.29. The lowest BCUT2D eigenvalue weighted by molar-refractivity contribution is -0.603. The number of imidazole rings is 1. The lowest BCUT2D eigenvalue weighted by Crippen LogP contribution is -2.50. The maximum atomic E-state index is 13.5. The fraction of sp³-hybridized carbons (Fsp3) is 0.150. The molecule has 0 aliphatic heterocycles. The number of hydrogen-bond acceptors (Lipinski definition) is 3. The van der Waals surface area contributed by atoms with Gasteiger partial charge in [-0.2, -0.15) is 31.8 Å². The zero-order valence-electron chi connectivity index (χ0n) is 15.9. The van der Waals surface area contributed by atoms with Crippen LogP contribution < -0.4 is 10.1 Å². The van der Waals surface area contributed by atoms with E-state index in [0.717, 1.165) is 12.1 Å². The zero-order chi connectivity index (χ0) is 23.1. The third-order valence-corrected chi connectivity index (χ3v) is 5.21. The highest BCUT2D eigenvalue weighted by molar-refractivity contribution is 7.07. The summed E-state index contributed by atoms with van der Waals surface area (Å²) in [6.07, 6.45) is -11.4. The summed E-state index contributed by atoms with van der Waals surface area (Å²) < 4.78 is 81.3. The third-order valence-electron chi connectivity index (χ3n) is 4.62. The van der Waals surface area contributed by atoms with Crippen LogP contribution in [0.1, 0.15) is 16.7 Å². The van der Waals surface area contributed by atoms with Crippen molar-refractivity contribution in [3.63, 3.8) is 0 Å². The number of thiazole rings is 1. The summed E-state index contributed by atoms with van der Waals surface area (Å²) in [5, 5.41) is 1.70. The van der Waals surface area contributed by atoms with Crippen LogP contribution in [0.4, 0.5) is 26.3 Å². The van der Waals surface area contributed by atoms with Crippen molar-refractivity contribution in [3.8, 4) is 11.5 Å². The molecule has 5 nitrogen and oxygen atoms in total. The first kappa shape index (κ1) is 21.8. The Labute approximate surface area is 180 Å². The van der Waals surface area contributed by atoms with Gasteiger partial charge in [0.05, 0.1) is 23.1 Å². The van der Waals surface area contributed by atoms with Gasteiger partial charge >= 0.3 is 18.2 Å². The number of fused-ring (bicyclic) bond motifs is 1. The van der Waals surface area contributed by atoms with Crippen molar-refractivity contribution >= 4 is 28.3 Å². The smallest absolute Gasteiger partial charge is 0.271 e. The van der Waals surface area contributed by atoms with E-state index >= 15 is 0 Å². The summed E-state index contributed by atoms with van der Waals surface area (Å²) >= 11 is 1.29. The van der Waals surface area contributed by atoms with Crippen molar-refractivity contribution in [3.05, 3.63) is 70.0 Å². The van der Waals surface area contributed by atoms with Crippen LogP contribution in [-0.4, -0.2) is 15.9 Å². The number of benzene rings is 2. The van der Waals surface area contributed by atoms with Crippen LogP contribution in [0, 0.1) is 0 Å². The molecule has 2 aromatic heterocycles. The minimum absolute atomic E-state index is 0.346. The molecule has 1 amide bonds. The van der Waals surface area contributed by atoms with Gasteiger partial charge in [-0.1, -0.05) is 24.3 Å². The second-order valence-electron chi connectivity index (χ2n) is 6.75. The Morgan fingerprint density at radius 2 is 1.78 bits per heavy atom. The Kier molecular flexibility index (Phi) is 5.41. The van der Waals surface area contributed by atoms with Crippen LogP contribution in [0.25, 0.3) is 22.6 Å². The Bertz CT molecular complexity index is 1280. The number of alkyl halides is 6. The van der Waals surface area contributed by atoms with Gasteiger partial charge in [-0.25, -0.2) is 9.97 Å². The van der Waals surface area contributed by atoms with Crippen LogP contribution >= 0.6 is 11.3 Å². The Morgan fingerprint density at radius 1 is 1.03 bits per heavy atom. The fourth-order valence-corrected chi connectivity index (χ4v) is 3.89. The van der Waals surface area contributed by atoms with E-state index in [9.17, 15) is 31.1 Å². The first-order valence-electron chi connectivity index (χ1n) is 9.03. The van der Waals surface area contributed by atoms with Gasteiger partial charge in [0.25, 0.3) is 5.91 Å². The number of carbonyl (C=O) groups excluding carboxylic acids is 1. The molecule has 12 heteroatoms. The minimum Gasteiger partial charge on any atom is -0.271 e. The van der Waals surface area contributed by atoms with Crippen molar-refractivity contribution in [2.45, 2.75) is 18.8 Å². The van der Waals surface area contributed by atoms with Crippen LogP contribution in [0.3, 0.4) is 0 Å². The van der Waals surface area contributed by atoms with Crippen molar-refractivity contribution < 1.29 is 35.8 Å². The van der Waals surface area contributed by atoms with Crippen LogP contribution in [-0.2, 0) is 23.6 Å². The highest BCUT2D eigenvalue weighted by Crippen LogP contribution is 2.42. The maximum Gasteiger partial charge on any atom is 0.417 e. The molecule has 0 unspecified atom stereocenters. The first-order valence-corrected chi connectivity index (χ1v) is 9.97. The van der Waals surface area contributed by atoms with Gasteiger partial charge in [0.2, 0.25) is 5.52 Å². The van der Waals surface area contributed by atoms with Gasteiger partial charge in [0, 0.05) is 5.38 Å². The molecule has 4 aromatic rings. The van der Waals surface area contributed by atoms with Crippen LogP contribution in [0.2, 0.25) is 0 Å². The molecule has 0 bridgehead atoms. The van der Waals surface area contributed by atoms with E-state index in [4.69, 9.17) is 0 Å². The van der Waals surface area contributed by atoms with E-state index in [1.54, 1.807) is 35.2 Å². The molecule has 0 radical (unpaired) electrons. The van der Waals surface area contributed by atoms with Gasteiger partial charge in [-0.15, -0.1) is 16.0 Å². The van der Waals surface area contributed by atoms with Crippen molar-refractivity contribution in [1.29, 1.82) is 0 Å². The molecule has 0 spiro atoms. The summed E-state index contributed by atoms with van der Waals surface area (Å²) in [7, 11) is 0. The largest absolute Gasteiger partial charge is 0.417 e. The van der Waals surface area contributed by atoms with Gasteiger partial charge in [-0.05, 0) is 23.8 Å². The molecule has 0 fully saturated rings. The molecule has 2 N–H and O–H groups in total. The number of nitrogens with zero attached hydrogens (tertiary/aromatic N) is 2.